The number of piperidine rings is 1. The minimum atomic E-state index is -0.876. The van der Waals surface area contributed by atoms with Gasteiger partial charge in [0.1, 0.15) is 0 Å². The molecule has 0 aliphatic carbocycles. The Morgan fingerprint density at radius 3 is 2.67 bits per heavy atom. The lowest BCUT2D eigenvalue weighted by Gasteiger charge is -2.28. The molecular weight excluding hydrogens is 248 g/mol. The van der Waals surface area contributed by atoms with Gasteiger partial charge in [-0.15, -0.1) is 11.8 Å². The number of rotatable bonds is 4. The molecule has 98 valence electrons. The number of anilines is 1. The van der Waals surface area contributed by atoms with Crippen molar-refractivity contribution < 1.29 is 9.90 Å². The summed E-state index contributed by atoms with van der Waals surface area (Å²) in [5, 5.41) is 11.4. The zero-order chi connectivity index (χ0) is 13.0. The van der Waals surface area contributed by atoms with E-state index >= 15 is 0 Å². The predicted octanol–water partition coefficient (Wildman–Crippen LogP) is 2.92. The minimum absolute atomic E-state index is 0.371. The fourth-order valence-electron chi connectivity index (χ4n) is 2.19. The van der Waals surface area contributed by atoms with Gasteiger partial charge in [0, 0.05) is 18.0 Å². The molecule has 0 bridgehead atoms. The van der Waals surface area contributed by atoms with Crippen LogP contribution in [0.3, 0.4) is 0 Å². The number of aromatic carboxylic acids is 1. The van der Waals surface area contributed by atoms with E-state index in [9.17, 15) is 9.90 Å². The van der Waals surface area contributed by atoms with E-state index < -0.39 is 5.97 Å². The zero-order valence-corrected chi connectivity index (χ0v) is 11.3. The molecule has 1 aromatic rings. The van der Waals surface area contributed by atoms with Gasteiger partial charge in [-0.1, -0.05) is 12.5 Å². The number of nitrogens with one attached hydrogen (secondary N) is 1. The van der Waals surface area contributed by atoms with Gasteiger partial charge >= 0.3 is 5.97 Å². The zero-order valence-electron chi connectivity index (χ0n) is 10.5. The van der Waals surface area contributed by atoms with Gasteiger partial charge in [0.05, 0.1) is 11.3 Å². The summed E-state index contributed by atoms with van der Waals surface area (Å²) in [5.41, 5.74) is 4.31. The molecule has 5 heteroatoms. The third kappa shape index (κ3) is 2.97. The summed E-state index contributed by atoms with van der Waals surface area (Å²) in [4.78, 5) is 12.2. The maximum Gasteiger partial charge on any atom is 0.339 e. The molecule has 0 radical (unpaired) electrons. The molecule has 0 spiro atoms. The van der Waals surface area contributed by atoms with Crippen LogP contribution in [0.15, 0.2) is 23.1 Å². The van der Waals surface area contributed by atoms with E-state index in [1.807, 2.05) is 24.5 Å². The summed E-state index contributed by atoms with van der Waals surface area (Å²) in [6.07, 6.45) is 5.48. The van der Waals surface area contributed by atoms with Gasteiger partial charge in [-0.25, -0.2) is 9.80 Å². The van der Waals surface area contributed by atoms with E-state index in [1.165, 1.54) is 18.2 Å². The fraction of sp³-hybridized carbons (Fsp3) is 0.462. The lowest BCUT2D eigenvalue weighted by atomic mass is 10.1. The van der Waals surface area contributed by atoms with Gasteiger partial charge in [0.25, 0.3) is 0 Å². The molecule has 0 aromatic heterocycles. The highest BCUT2D eigenvalue weighted by Gasteiger charge is 2.17. The van der Waals surface area contributed by atoms with Crippen molar-refractivity contribution in [2.24, 2.45) is 0 Å². The Morgan fingerprint density at radius 2 is 2.06 bits per heavy atom. The van der Waals surface area contributed by atoms with E-state index in [2.05, 4.69) is 10.4 Å². The highest BCUT2D eigenvalue weighted by atomic mass is 32.2. The second-order valence-corrected chi connectivity index (χ2v) is 5.20. The van der Waals surface area contributed by atoms with Crippen molar-refractivity contribution in [2.75, 3.05) is 24.8 Å². The van der Waals surface area contributed by atoms with Crippen LogP contribution in [0.25, 0.3) is 0 Å². The molecule has 2 rings (SSSR count). The van der Waals surface area contributed by atoms with Crippen LogP contribution in [-0.2, 0) is 0 Å². The van der Waals surface area contributed by atoms with Gasteiger partial charge in [0.2, 0.25) is 0 Å². The van der Waals surface area contributed by atoms with Crippen LogP contribution in [0.5, 0.6) is 0 Å². The molecule has 2 N–H and O–H groups in total. The molecule has 0 amide bonds. The van der Waals surface area contributed by atoms with Crippen LogP contribution in [0.4, 0.5) is 5.69 Å². The van der Waals surface area contributed by atoms with Crippen LogP contribution in [-0.4, -0.2) is 35.4 Å². The van der Waals surface area contributed by atoms with Crippen molar-refractivity contribution in [3.8, 4) is 0 Å². The average Bonchev–Trinajstić information content (AvgIpc) is 2.39. The monoisotopic (exact) mass is 266 g/mol. The number of benzene rings is 1. The van der Waals surface area contributed by atoms with Crippen molar-refractivity contribution in [1.29, 1.82) is 0 Å². The molecular formula is C13H18N2O2S. The highest BCUT2D eigenvalue weighted by Crippen LogP contribution is 2.27. The number of hydrogen-bond donors (Lipinski definition) is 2. The van der Waals surface area contributed by atoms with Crippen molar-refractivity contribution in [1.82, 2.24) is 5.01 Å². The van der Waals surface area contributed by atoms with Gasteiger partial charge < -0.3 is 10.5 Å². The standard InChI is InChI=1S/C13H18N2O2S/c1-18-11-7-5-6-10(12(11)13(16)17)14-15-8-3-2-4-9-15/h5-7,14H,2-4,8-9H2,1H3,(H,16,17). The Balaban J connectivity index is 2.23. The molecule has 0 atom stereocenters. The first-order chi connectivity index (χ1) is 8.72. The Kier molecular flexibility index (Phi) is 4.49. The number of carboxylic acid groups (broad SMARTS) is 1. The lowest BCUT2D eigenvalue weighted by Crippen LogP contribution is -2.35. The number of hydrazine groups is 1. The Bertz CT molecular complexity index is 431. The fourth-order valence-corrected chi connectivity index (χ4v) is 2.81. The number of hydrogen-bond acceptors (Lipinski definition) is 4. The van der Waals surface area contributed by atoms with Gasteiger partial charge in [-0.3, -0.25) is 0 Å². The first-order valence-corrected chi connectivity index (χ1v) is 7.36. The Labute approximate surface area is 111 Å². The molecule has 1 aliphatic rings. The van der Waals surface area contributed by atoms with Crippen molar-refractivity contribution >= 4 is 23.4 Å². The number of nitrogens with zero attached hydrogens (tertiary/aromatic N) is 1. The molecule has 1 aromatic carbocycles. The molecule has 0 saturated carbocycles. The van der Waals surface area contributed by atoms with E-state index in [0.717, 1.165) is 30.8 Å². The van der Waals surface area contributed by atoms with Crippen molar-refractivity contribution in [2.45, 2.75) is 24.2 Å². The molecule has 0 unspecified atom stereocenters. The van der Waals surface area contributed by atoms with Gasteiger partial charge in [-0.05, 0) is 31.2 Å². The summed E-state index contributed by atoms with van der Waals surface area (Å²) in [7, 11) is 0. The third-order valence-electron chi connectivity index (χ3n) is 3.09. The Morgan fingerprint density at radius 1 is 1.33 bits per heavy atom. The van der Waals surface area contributed by atoms with Crippen molar-refractivity contribution in [3.05, 3.63) is 23.8 Å². The summed E-state index contributed by atoms with van der Waals surface area (Å²) in [6, 6.07) is 5.57. The molecule has 1 saturated heterocycles. The largest absolute Gasteiger partial charge is 0.478 e. The van der Waals surface area contributed by atoms with E-state index in [-0.39, 0.29) is 0 Å². The topological polar surface area (TPSA) is 52.6 Å². The second-order valence-electron chi connectivity index (χ2n) is 4.35. The second kappa shape index (κ2) is 6.11. The van der Waals surface area contributed by atoms with Crippen molar-refractivity contribution in [3.63, 3.8) is 0 Å². The average molecular weight is 266 g/mol. The number of carbonyl (C=O) groups is 1. The summed E-state index contributed by atoms with van der Waals surface area (Å²) < 4.78 is 0. The number of thioether (sulfide) groups is 1. The van der Waals surface area contributed by atoms with Crippen LogP contribution in [0, 0.1) is 0 Å². The summed E-state index contributed by atoms with van der Waals surface area (Å²) >= 11 is 1.46. The van der Waals surface area contributed by atoms with Gasteiger partial charge in [-0.2, -0.15) is 0 Å². The summed E-state index contributed by atoms with van der Waals surface area (Å²) in [5.74, 6) is -0.876. The molecule has 1 fully saturated rings. The van der Waals surface area contributed by atoms with Crippen LogP contribution in [0.1, 0.15) is 29.6 Å². The van der Waals surface area contributed by atoms with E-state index in [0.29, 0.717) is 11.3 Å². The highest BCUT2D eigenvalue weighted by molar-refractivity contribution is 7.98. The predicted molar refractivity (Wildman–Crippen MR) is 74.2 cm³/mol. The number of carboxylic acids is 1. The minimum Gasteiger partial charge on any atom is -0.478 e. The third-order valence-corrected chi connectivity index (χ3v) is 3.87. The summed E-state index contributed by atoms with van der Waals surface area (Å²) in [6.45, 7) is 1.95. The maximum absolute atomic E-state index is 11.4. The van der Waals surface area contributed by atoms with Gasteiger partial charge in [0.15, 0.2) is 0 Å². The van der Waals surface area contributed by atoms with E-state index in [1.54, 1.807) is 0 Å². The maximum atomic E-state index is 11.4. The van der Waals surface area contributed by atoms with Crippen LogP contribution >= 0.6 is 11.8 Å². The molecule has 1 aliphatic heterocycles. The van der Waals surface area contributed by atoms with E-state index in [4.69, 9.17) is 0 Å². The van der Waals surface area contributed by atoms with Crippen LogP contribution < -0.4 is 5.43 Å². The Hall–Kier alpha value is -1.20. The first kappa shape index (κ1) is 13.2. The quantitative estimate of drug-likeness (QED) is 0.821. The lowest BCUT2D eigenvalue weighted by molar-refractivity contribution is 0.0693. The van der Waals surface area contributed by atoms with Crippen LogP contribution in [0.2, 0.25) is 0 Å². The molecule has 1 heterocycles. The smallest absolute Gasteiger partial charge is 0.339 e. The molecule has 4 nitrogen and oxygen atoms in total. The SMILES string of the molecule is CSc1cccc(NN2CCCCC2)c1C(=O)O. The first-order valence-electron chi connectivity index (χ1n) is 6.14. The molecule has 18 heavy (non-hydrogen) atoms. The normalized spacial score (nSPS) is 16.5.